The number of benzene rings is 1. The van der Waals surface area contributed by atoms with Crippen molar-refractivity contribution in [3.8, 4) is 11.8 Å². The Hall–Kier alpha value is -2.41. The number of aromatic nitrogens is 1. The minimum absolute atomic E-state index is 0.223. The highest BCUT2D eigenvalue weighted by Crippen LogP contribution is 2.20. The number of hydrogen-bond acceptors (Lipinski definition) is 3. The second-order valence-electron chi connectivity index (χ2n) is 3.89. The average Bonchev–Trinajstić information content (AvgIpc) is 2.38. The van der Waals surface area contributed by atoms with Crippen molar-refractivity contribution >= 4 is 0 Å². The quantitative estimate of drug-likeness (QED) is 0.831. The van der Waals surface area contributed by atoms with Crippen LogP contribution in [0, 0.1) is 24.1 Å². The average molecular weight is 242 g/mol. The van der Waals surface area contributed by atoms with E-state index in [4.69, 9.17) is 10.00 Å². The van der Waals surface area contributed by atoms with E-state index in [9.17, 15) is 4.39 Å². The molecule has 0 aliphatic rings. The van der Waals surface area contributed by atoms with Crippen LogP contribution in [0.15, 0.2) is 36.7 Å². The van der Waals surface area contributed by atoms with Gasteiger partial charge >= 0.3 is 0 Å². The minimum Gasteiger partial charge on any atom is -0.489 e. The second kappa shape index (κ2) is 5.28. The van der Waals surface area contributed by atoms with Crippen LogP contribution >= 0.6 is 0 Å². The number of rotatable bonds is 3. The van der Waals surface area contributed by atoms with Gasteiger partial charge in [0.05, 0.1) is 17.8 Å². The lowest BCUT2D eigenvalue weighted by Gasteiger charge is -2.09. The fraction of sp³-hybridized carbons (Fsp3) is 0.143. The molecule has 0 atom stereocenters. The lowest BCUT2D eigenvalue weighted by Crippen LogP contribution is -1.98. The Kier molecular flexibility index (Phi) is 3.54. The van der Waals surface area contributed by atoms with Gasteiger partial charge in [-0.3, -0.25) is 4.98 Å². The molecular weight excluding hydrogens is 231 g/mol. The van der Waals surface area contributed by atoms with Crippen LogP contribution in [0.4, 0.5) is 4.39 Å². The molecular formula is C14H11FN2O. The van der Waals surface area contributed by atoms with Gasteiger partial charge in [0.15, 0.2) is 0 Å². The van der Waals surface area contributed by atoms with Gasteiger partial charge in [0.2, 0.25) is 0 Å². The highest BCUT2D eigenvalue weighted by Gasteiger charge is 2.03. The summed E-state index contributed by atoms with van der Waals surface area (Å²) in [4.78, 5) is 3.75. The van der Waals surface area contributed by atoms with E-state index >= 15 is 0 Å². The molecule has 2 rings (SSSR count). The third-order valence-corrected chi connectivity index (χ3v) is 2.47. The van der Waals surface area contributed by atoms with Crippen LogP contribution < -0.4 is 4.74 Å². The number of halogens is 1. The SMILES string of the molecule is Cc1ccc(C#N)cc1OCc1cncc(F)c1. The second-order valence-corrected chi connectivity index (χ2v) is 3.89. The molecule has 0 fully saturated rings. The summed E-state index contributed by atoms with van der Waals surface area (Å²) in [5.74, 6) is 0.233. The predicted molar refractivity (Wildman–Crippen MR) is 64.4 cm³/mol. The van der Waals surface area contributed by atoms with Crippen molar-refractivity contribution in [2.75, 3.05) is 0 Å². The van der Waals surface area contributed by atoms with Gasteiger partial charge in [-0.15, -0.1) is 0 Å². The maximum atomic E-state index is 12.9. The number of ether oxygens (including phenoxy) is 1. The molecule has 0 bridgehead atoms. The molecule has 0 unspecified atom stereocenters. The number of hydrogen-bond donors (Lipinski definition) is 0. The number of pyridine rings is 1. The lowest BCUT2D eigenvalue weighted by atomic mass is 10.1. The van der Waals surface area contributed by atoms with Crippen molar-refractivity contribution in [2.45, 2.75) is 13.5 Å². The van der Waals surface area contributed by atoms with Crippen LogP contribution in [-0.4, -0.2) is 4.98 Å². The molecule has 18 heavy (non-hydrogen) atoms. The van der Waals surface area contributed by atoms with Crippen LogP contribution in [0.1, 0.15) is 16.7 Å². The first-order chi connectivity index (χ1) is 8.69. The Morgan fingerprint density at radius 2 is 2.17 bits per heavy atom. The smallest absolute Gasteiger partial charge is 0.141 e. The Morgan fingerprint density at radius 1 is 1.33 bits per heavy atom. The first-order valence-corrected chi connectivity index (χ1v) is 5.42. The molecule has 0 N–H and O–H groups in total. The van der Waals surface area contributed by atoms with E-state index in [2.05, 4.69) is 4.98 Å². The summed E-state index contributed by atoms with van der Waals surface area (Å²) in [6.45, 7) is 2.11. The topological polar surface area (TPSA) is 45.9 Å². The Balaban J connectivity index is 2.13. The Labute approximate surface area is 104 Å². The van der Waals surface area contributed by atoms with E-state index in [0.29, 0.717) is 16.9 Å². The molecule has 0 radical (unpaired) electrons. The first kappa shape index (κ1) is 12.1. The maximum Gasteiger partial charge on any atom is 0.141 e. The lowest BCUT2D eigenvalue weighted by molar-refractivity contribution is 0.303. The van der Waals surface area contributed by atoms with Gasteiger partial charge in [0.25, 0.3) is 0 Å². The van der Waals surface area contributed by atoms with Gasteiger partial charge in [0.1, 0.15) is 18.2 Å². The molecule has 0 aliphatic heterocycles. The van der Waals surface area contributed by atoms with Crippen molar-refractivity contribution in [2.24, 2.45) is 0 Å². The van der Waals surface area contributed by atoms with Gasteiger partial charge in [-0.2, -0.15) is 5.26 Å². The largest absolute Gasteiger partial charge is 0.489 e. The van der Waals surface area contributed by atoms with Crippen LogP contribution in [0.2, 0.25) is 0 Å². The monoisotopic (exact) mass is 242 g/mol. The minimum atomic E-state index is -0.390. The molecule has 1 aromatic heterocycles. The molecule has 2 aromatic rings. The molecule has 90 valence electrons. The molecule has 0 spiro atoms. The number of nitrogens with zero attached hydrogens (tertiary/aromatic N) is 2. The Morgan fingerprint density at radius 3 is 2.89 bits per heavy atom. The fourth-order valence-electron chi connectivity index (χ4n) is 1.52. The van der Waals surface area contributed by atoms with Crippen molar-refractivity contribution in [3.63, 3.8) is 0 Å². The van der Waals surface area contributed by atoms with Gasteiger partial charge in [-0.05, 0) is 30.7 Å². The summed E-state index contributed by atoms with van der Waals surface area (Å²) < 4.78 is 18.5. The number of nitriles is 1. The number of aryl methyl sites for hydroxylation is 1. The molecule has 0 amide bonds. The van der Waals surface area contributed by atoms with Crippen LogP contribution in [0.25, 0.3) is 0 Å². The predicted octanol–water partition coefficient (Wildman–Crippen LogP) is 2.98. The zero-order valence-corrected chi connectivity index (χ0v) is 9.85. The molecule has 0 saturated carbocycles. The summed E-state index contributed by atoms with van der Waals surface area (Å²) in [6.07, 6.45) is 2.69. The van der Waals surface area contributed by atoms with E-state index in [1.165, 1.54) is 6.07 Å². The zero-order chi connectivity index (χ0) is 13.0. The first-order valence-electron chi connectivity index (χ1n) is 5.42. The highest BCUT2D eigenvalue weighted by molar-refractivity contribution is 5.41. The fourth-order valence-corrected chi connectivity index (χ4v) is 1.52. The molecule has 3 nitrogen and oxygen atoms in total. The van der Waals surface area contributed by atoms with Gasteiger partial charge in [0, 0.05) is 11.8 Å². The van der Waals surface area contributed by atoms with Gasteiger partial charge in [-0.25, -0.2) is 4.39 Å². The molecule has 4 heteroatoms. The summed E-state index contributed by atoms with van der Waals surface area (Å²) in [5, 5.41) is 8.81. The van der Waals surface area contributed by atoms with Crippen molar-refractivity contribution in [1.82, 2.24) is 4.98 Å². The third kappa shape index (κ3) is 2.83. The van der Waals surface area contributed by atoms with Crippen molar-refractivity contribution in [1.29, 1.82) is 5.26 Å². The normalized spacial score (nSPS) is 9.83. The van der Waals surface area contributed by atoms with E-state index < -0.39 is 5.82 Å². The summed E-state index contributed by atoms with van der Waals surface area (Å²) in [6, 6.07) is 8.64. The van der Waals surface area contributed by atoms with E-state index in [1.54, 1.807) is 18.3 Å². The van der Waals surface area contributed by atoms with E-state index in [-0.39, 0.29) is 6.61 Å². The van der Waals surface area contributed by atoms with Gasteiger partial charge < -0.3 is 4.74 Å². The van der Waals surface area contributed by atoms with Crippen molar-refractivity contribution < 1.29 is 9.13 Å². The van der Waals surface area contributed by atoms with Crippen molar-refractivity contribution in [3.05, 3.63) is 59.2 Å². The van der Waals surface area contributed by atoms with Gasteiger partial charge in [-0.1, -0.05) is 6.07 Å². The Bertz CT molecular complexity index is 605. The van der Waals surface area contributed by atoms with E-state index in [0.717, 1.165) is 11.8 Å². The molecule has 1 aromatic carbocycles. The van der Waals surface area contributed by atoms with Crippen LogP contribution in [-0.2, 0) is 6.61 Å². The van der Waals surface area contributed by atoms with Crippen LogP contribution in [0.5, 0.6) is 5.75 Å². The van der Waals surface area contributed by atoms with E-state index in [1.807, 2.05) is 19.1 Å². The summed E-state index contributed by atoms with van der Waals surface area (Å²) >= 11 is 0. The highest BCUT2D eigenvalue weighted by atomic mass is 19.1. The standard InChI is InChI=1S/C14H11FN2O/c1-10-2-3-11(6-16)5-14(10)18-9-12-4-13(15)8-17-7-12/h2-5,7-8H,9H2,1H3. The summed E-state index contributed by atoms with van der Waals surface area (Å²) in [5.41, 5.74) is 2.11. The molecule has 0 aliphatic carbocycles. The third-order valence-electron chi connectivity index (χ3n) is 2.47. The maximum absolute atomic E-state index is 12.9. The molecule has 0 saturated heterocycles. The summed E-state index contributed by atoms with van der Waals surface area (Å²) in [7, 11) is 0. The zero-order valence-electron chi connectivity index (χ0n) is 9.85. The van der Waals surface area contributed by atoms with Crippen LogP contribution in [0.3, 0.4) is 0 Å². The molecule has 1 heterocycles.